The Balaban J connectivity index is 1.63. The molecule has 1 fully saturated rings. The molecule has 0 bridgehead atoms. The van der Waals surface area contributed by atoms with Crippen LogP contribution in [0.25, 0.3) is 0 Å². The maximum absolute atomic E-state index is 11.4. The molecule has 3 rings (SSSR count). The zero-order chi connectivity index (χ0) is 14.0. The third-order valence-corrected chi connectivity index (χ3v) is 3.79. The number of aryl methyl sites for hydroxylation is 2. The second kappa shape index (κ2) is 5.54. The second-order valence-electron chi connectivity index (χ2n) is 5.20. The Labute approximate surface area is 118 Å². The highest BCUT2D eigenvalue weighted by Gasteiger charge is 2.40. The maximum atomic E-state index is 11.4. The number of ether oxygens (including phenoxy) is 3. The first-order valence-corrected chi connectivity index (χ1v) is 7.19. The van der Waals surface area contributed by atoms with Crippen LogP contribution in [0.15, 0.2) is 6.20 Å². The molecule has 2 heterocycles. The van der Waals surface area contributed by atoms with Crippen molar-refractivity contribution >= 4 is 5.97 Å². The SMILES string of the molecule is CCOC(=O)CCn1cc2c(n1)CCC1(C2)OCCO1. The van der Waals surface area contributed by atoms with E-state index in [1.165, 1.54) is 5.56 Å². The fourth-order valence-corrected chi connectivity index (χ4v) is 2.85. The van der Waals surface area contributed by atoms with Crippen molar-refractivity contribution in [3.05, 3.63) is 17.5 Å². The number of carbonyl (C=O) groups is 1. The number of hydrogen-bond acceptors (Lipinski definition) is 5. The summed E-state index contributed by atoms with van der Waals surface area (Å²) in [7, 11) is 0. The lowest BCUT2D eigenvalue weighted by molar-refractivity contribution is -0.163. The van der Waals surface area contributed by atoms with Crippen molar-refractivity contribution in [2.75, 3.05) is 19.8 Å². The van der Waals surface area contributed by atoms with Gasteiger partial charge in [0.25, 0.3) is 0 Å². The van der Waals surface area contributed by atoms with Crippen molar-refractivity contribution in [2.24, 2.45) is 0 Å². The van der Waals surface area contributed by atoms with E-state index < -0.39 is 5.79 Å². The predicted molar refractivity (Wildman–Crippen MR) is 70.1 cm³/mol. The Bertz CT molecular complexity index is 491. The van der Waals surface area contributed by atoms with Crippen LogP contribution < -0.4 is 0 Å². The summed E-state index contributed by atoms with van der Waals surface area (Å²) >= 11 is 0. The van der Waals surface area contributed by atoms with Crippen LogP contribution in [-0.4, -0.2) is 41.4 Å². The highest BCUT2D eigenvalue weighted by Crippen LogP contribution is 2.34. The average molecular weight is 280 g/mol. The summed E-state index contributed by atoms with van der Waals surface area (Å²) in [4.78, 5) is 11.4. The van der Waals surface area contributed by atoms with Crippen LogP contribution in [0.4, 0.5) is 0 Å². The van der Waals surface area contributed by atoms with E-state index in [-0.39, 0.29) is 5.97 Å². The zero-order valence-corrected chi connectivity index (χ0v) is 11.8. The Hall–Kier alpha value is -1.40. The molecule has 0 atom stereocenters. The quantitative estimate of drug-likeness (QED) is 0.772. The van der Waals surface area contributed by atoms with Crippen molar-refractivity contribution in [1.82, 2.24) is 9.78 Å². The topological polar surface area (TPSA) is 62.6 Å². The van der Waals surface area contributed by atoms with Gasteiger partial charge in [-0.25, -0.2) is 0 Å². The van der Waals surface area contributed by atoms with Crippen LogP contribution in [0.1, 0.15) is 31.0 Å². The summed E-state index contributed by atoms with van der Waals surface area (Å²) in [6.07, 6.45) is 4.82. The molecule has 1 spiro atoms. The van der Waals surface area contributed by atoms with E-state index in [1.54, 1.807) is 0 Å². The minimum Gasteiger partial charge on any atom is -0.466 e. The summed E-state index contributed by atoms with van der Waals surface area (Å²) in [5.74, 6) is -0.609. The van der Waals surface area contributed by atoms with Gasteiger partial charge in [0, 0.05) is 19.0 Å². The first-order valence-electron chi connectivity index (χ1n) is 7.19. The molecule has 6 nitrogen and oxygen atoms in total. The van der Waals surface area contributed by atoms with Crippen molar-refractivity contribution in [2.45, 2.75) is 44.9 Å². The van der Waals surface area contributed by atoms with Gasteiger partial charge < -0.3 is 14.2 Å². The van der Waals surface area contributed by atoms with E-state index in [0.29, 0.717) is 32.8 Å². The minimum atomic E-state index is -0.429. The van der Waals surface area contributed by atoms with Gasteiger partial charge in [0.05, 0.1) is 38.5 Å². The van der Waals surface area contributed by atoms with Gasteiger partial charge in [-0.2, -0.15) is 5.10 Å². The van der Waals surface area contributed by atoms with Gasteiger partial charge in [0.2, 0.25) is 0 Å². The van der Waals surface area contributed by atoms with Crippen LogP contribution in [0.2, 0.25) is 0 Å². The third kappa shape index (κ3) is 2.71. The minimum absolute atomic E-state index is 0.181. The van der Waals surface area contributed by atoms with Gasteiger partial charge >= 0.3 is 5.97 Å². The molecular weight excluding hydrogens is 260 g/mol. The Morgan fingerprint density at radius 1 is 1.50 bits per heavy atom. The molecule has 0 amide bonds. The number of rotatable bonds is 4. The highest BCUT2D eigenvalue weighted by atomic mass is 16.7. The first-order chi connectivity index (χ1) is 9.71. The number of fused-ring (bicyclic) bond motifs is 1. The molecule has 1 aliphatic carbocycles. The third-order valence-electron chi connectivity index (χ3n) is 3.79. The summed E-state index contributed by atoms with van der Waals surface area (Å²) in [5, 5.41) is 4.54. The van der Waals surface area contributed by atoms with Crippen LogP contribution in [-0.2, 0) is 38.4 Å². The maximum Gasteiger partial charge on any atom is 0.307 e. The molecule has 0 unspecified atom stereocenters. The lowest BCUT2D eigenvalue weighted by Crippen LogP contribution is -2.36. The normalized spacial score (nSPS) is 20.1. The van der Waals surface area contributed by atoms with Gasteiger partial charge in [0.15, 0.2) is 5.79 Å². The largest absolute Gasteiger partial charge is 0.466 e. The molecule has 0 N–H and O–H groups in total. The van der Waals surface area contributed by atoms with Gasteiger partial charge in [-0.05, 0) is 18.9 Å². The highest BCUT2D eigenvalue weighted by molar-refractivity contribution is 5.69. The summed E-state index contributed by atoms with van der Waals surface area (Å²) < 4.78 is 18.2. The number of hydrogen-bond donors (Lipinski definition) is 0. The molecule has 6 heteroatoms. The van der Waals surface area contributed by atoms with E-state index in [9.17, 15) is 4.79 Å². The zero-order valence-electron chi connectivity index (χ0n) is 11.8. The summed E-state index contributed by atoms with van der Waals surface area (Å²) in [5.41, 5.74) is 2.26. The van der Waals surface area contributed by atoms with Crippen LogP contribution in [0.3, 0.4) is 0 Å². The molecule has 20 heavy (non-hydrogen) atoms. The number of aromatic nitrogens is 2. The van der Waals surface area contributed by atoms with Crippen molar-refractivity contribution < 1.29 is 19.0 Å². The summed E-state index contributed by atoms with van der Waals surface area (Å²) in [6.45, 7) is 4.14. The molecule has 1 aromatic heterocycles. The van der Waals surface area contributed by atoms with E-state index in [4.69, 9.17) is 14.2 Å². The monoisotopic (exact) mass is 280 g/mol. The van der Waals surface area contributed by atoms with E-state index in [1.807, 2.05) is 17.8 Å². The average Bonchev–Trinajstić information content (AvgIpc) is 3.04. The fraction of sp³-hybridized carbons (Fsp3) is 0.714. The number of nitrogens with zero attached hydrogens (tertiary/aromatic N) is 2. The van der Waals surface area contributed by atoms with Gasteiger partial charge in [-0.15, -0.1) is 0 Å². The van der Waals surface area contributed by atoms with Crippen LogP contribution >= 0.6 is 0 Å². The second-order valence-corrected chi connectivity index (χ2v) is 5.20. The first kappa shape index (κ1) is 13.6. The fourth-order valence-electron chi connectivity index (χ4n) is 2.85. The molecule has 0 saturated carbocycles. The standard InChI is InChI=1S/C14H20N2O4/c1-2-18-13(17)4-6-16-10-11-9-14(19-7-8-20-14)5-3-12(11)15-16/h10H,2-9H2,1H3. The van der Waals surface area contributed by atoms with Crippen LogP contribution in [0.5, 0.6) is 0 Å². The molecule has 110 valence electrons. The smallest absolute Gasteiger partial charge is 0.307 e. The van der Waals surface area contributed by atoms with Crippen molar-refractivity contribution in [3.8, 4) is 0 Å². The molecule has 2 aliphatic rings. The van der Waals surface area contributed by atoms with E-state index in [2.05, 4.69) is 5.10 Å². The van der Waals surface area contributed by atoms with E-state index >= 15 is 0 Å². The molecule has 1 saturated heterocycles. The molecule has 0 radical (unpaired) electrons. The number of carbonyl (C=O) groups excluding carboxylic acids is 1. The molecular formula is C14H20N2O4. The molecule has 1 aliphatic heterocycles. The van der Waals surface area contributed by atoms with Gasteiger partial charge in [-0.3, -0.25) is 9.48 Å². The molecule has 1 aromatic rings. The number of esters is 1. The van der Waals surface area contributed by atoms with Crippen molar-refractivity contribution in [3.63, 3.8) is 0 Å². The van der Waals surface area contributed by atoms with Crippen LogP contribution in [0, 0.1) is 0 Å². The van der Waals surface area contributed by atoms with Gasteiger partial charge in [-0.1, -0.05) is 0 Å². The van der Waals surface area contributed by atoms with E-state index in [0.717, 1.165) is 25.0 Å². The Morgan fingerprint density at radius 3 is 3.05 bits per heavy atom. The Kier molecular flexibility index (Phi) is 3.76. The predicted octanol–water partition coefficient (Wildman–Crippen LogP) is 1.07. The van der Waals surface area contributed by atoms with Crippen molar-refractivity contribution in [1.29, 1.82) is 0 Å². The lowest BCUT2D eigenvalue weighted by atomic mass is 9.92. The summed E-state index contributed by atoms with van der Waals surface area (Å²) in [6, 6.07) is 0. The lowest BCUT2D eigenvalue weighted by Gasteiger charge is -2.30. The van der Waals surface area contributed by atoms with Gasteiger partial charge in [0.1, 0.15) is 0 Å². The molecule has 0 aromatic carbocycles. The Morgan fingerprint density at radius 2 is 2.30 bits per heavy atom.